The molecule has 164 valence electrons. The lowest BCUT2D eigenvalue weighted by Gasteiger charge is -2.39. The molecule has 0 aliphatic carbocycles. The number of ether oxygens (including phenoxy) is 1. The van der Waals surface area contributed by atoms with Crippen LogP contribution in [0.2, 0.25) is 5.02 Å². The first-order valence-corrected chi connectivity index (χ1v) is 10.3. The van der Waals surface area contributed by atoms with Crippen molar-refractivity contribution in [2.75, 3.05) is 31.7 Å². The summed E-state index contributed by atoms with van der Waals surface area (Å²) >= 11 is 6.15. The average molecular weight is 450 g/mol. The van der Waals surface area contributed by atoms with E-state index in [0.717, 1.165) is 11.1 Å². The lowest BCUT2D eigenvalue weighted by molar-refractivity contribution is -0.120. The normalized spacial score (nSPS) is 18.5. The molecule has 1 N–H and O–H groups in total. The minimum Gasteiger partial charge on any atom is -0.453 e. The zero-order valence-corrected chi connectivity index (χ0v) is 17.9. The maximum absolute atomic E-state index is 13.7. The lowest BCUT2D eigenvalue weighted by atomic mass is 9.95. The van der Waals surface area contributed by atoms with E-state index in [0.29, 0.717) is 24.5 Å². The Morgan fingerprint density at radius 2 is 2.03 bits per heavy atom. The summed E-state index contributed by atoms with van der Waals surface area (Å²) in [4.78, 5) is 28.3. The van der Waals surface area contributed by atoms with E-state index in [1.807, 2.05) is 19.1 Å². The van der Waals surface area contributed by atoms with Gasteiger partial charge in [-0.15, -0.1) is 0 Å². The number of rotatable bonds is 4. The Kier molecular flexibility index (Phi) is 5.75. The molecule has 2 aliphatic rings. The highest BCUT2D eigenvalue weighted by Crippen LogP contribution is 2.42. The number of aryl methyl sites for hydroxylation is 1. The van der Waals surface area contributed by atoms with Crippen LogP contribution in [-0.2, 0) is 11.2 Å². The van der Waals surface area contributed by atoms with E-state index in [1.54, 1.807) is 7.05 Å². The molecule has 1 atom stereocenters. The maximum atomic E-state index is 13.7. The zero-order chi connectivity index (χ0) is 22.3. The van der Waals surface area contributed by atoms with Crippen molar-refractivity contribution in [1.82, 2.24) is 10.2 Å². The van der Waals surface area contributed by atoms with Gasteiger partial charge >= 0.3 is 6.03 Å². The summed E-state index contributed by atoms with van der Waals surface area (Å²) in [7, 11) is 1.60. The van der Waals surface area contributed by atoms with Gasteiger partial charge in [0.05, 0.1) is 17.4 Å². The van der Waals surface area contributed by atoms with Crippen LogP contribution in [0.1, 0.15) is 11.1 Å². The van der Waals surface area contributed by atoms with Crippen molar-refractivity contribution < 1.29 is 23.1 Å². The Balaban J connectivity index is 1.58. The summed E-state index contributed by atoms with van der Waals surface area (Å²) in [5.74, 6) is -0.374. The van der Waals surface area contributed by atoms with E-state index < -0.39 is 18.5 Å². The quantitative estimate of drug-likeness (QED) is 0.765. The number of likely N-dealkylation sites (tertiary alicyclic amines) is 1. The highest BCUT2D eigenvalue weighted by Gasteiger charge is 2.37. The van der Waals surface area contributed by atoms with Gasteiger partial charge in [0.25, 0.3) is 0 Å². The van der Waals surface area contributed by atoms with Crippen LogP contribution < -0.4 is 15.0 Å². The molecule has 2 aromatic carbocycles. The van der Waals surface area contributed by atoms with Crippen LogP contribution in [0.25, 0.3) is 0 Å². The van der Waals surface area contributed by atoms with Gasteiger partial charge in [0.2, 0.25) is 5.91 Å². The zero-order valence-electron chi connectivity index (χ0n) is 17.1. The number of likely N-dealkylation sites (N-methyl/N-ethyl adjacent to an activating group) is 1. The number of alkyl halides is 1. The Bertz CT molecular complexity index is 1040. The highest BCUT2D eigenvalue weighted by molar-refractivity contribution is 6.32. The second kappa shape index (κ2) is 8.34. The Hall–Kier alpha value is -2.87. The van der Waals surface area contributed by atoms with Crippen LogP contribution in [0.5, 0.6) is 11.5 Å². The maximum Gasteiger partial charge on any atom is 0.318 e. The largest absolute Gasteiger partial charge is 0.453 e. The van der Waals surface area contributed by atoms with Gasteiger partial charge in [-0.2, -0.15) is 0 Å². The van der Waals surface area contributed by atoms with Crippen LogP contribution in [0, 0.1) is 18.7 Å². The van der Waals surface area contributed by atoms with Gasteiger partial charge in [-0.25, -0.2) is 9.18 Å². The van der Waals surface area contributed by atoms with Crippen LogP contribution in [0.15, 0.2) is 30.3 Å². The van der Waals surface area contributed by atoms with Crippen molar-refractivity contribution in [2.24, 2.45) is 5.92 Å². The third kappa shape index (κ3) is 4.04. The number of urea groups is 1. The number of halogens is 3. The monoisotopic (exact) mass is 449 g/mol. The summed E-state index contributed by atoms with van der Waals surface area (Å²) in [5, 5.41) is 2.99. The van der Waals surface area contributed by atoms with Crippen molar-refractivity contribution in [3.8, 4) is 11.5 Å². The number of anilines is 1. The first-order chi connectivity index (χ1) is 14.8. The molecule has 31 heavy (non-hydrogen) atoms. The highest BCUT2D eigenvalue weighted by atomic mass is 35.5. The molecular formula is C22H22ClF2N3O3. The smallest absolute Gasteiger partial charge is 0.318 e. The van der Waals surface area contributed by atoms with Crippen molar-refractivity contribution >= 4 is 29.2 Å². The fourth-order valence-corrected chi connectivity index (χ4v) is 4.03. The summed E-state index contributed by atoms with van der Waals surface area (Å²) in [6.07, 6.45) is 0.276. The van der Waals surface area contributed by atoms with Crippen molar-refractivity contribution in [1.29, 1.82) is 0 Å². The molecule has 2 aromatic rings. The molecule has 1 fully saturated rings. The number of carbonyl (C=O) groups is 2. The standard InChI is InChI=1S/C22H22ClF2N3O3/c1-12-3-4-14-7-17(26-22(30)28-10-13(9-24)11-28)21(29)27(2)19(14)20(12)31-18-8-15(25)5-6-16(18)23/h3-6,8,13,17H,7,9-11H2,1-2H3,(H,26,30)/t17-/m1/s1. The molecular weight excluding hydrogens is 428 g/mol. The van der Waals surface area contributed by atoms with Crippen LogP contribution in [-0.4, -0.2) is 49.7 Å². The van der Waals surface area contributed by atoms with E-state index >= 15 is 0 Å². The summed E-state index contributed by atoms with van der Waals surface area (Å²) < 4.78 is 32.3. The van der Waals surface area contributed by atoms with E-state index in [1.165, 1.54) is 28.0 Å². The number of fused-ring (bicyclic) bond motifs is 1. The van der Waals surface area contributed by atoms with Gasteiger partial charge in [-0.3, -0.25) is 9.18 Å². The molecule has 0 unspecified atom stereocenters. The SMILES string of the molecule is Cc1ccc2c(c1Oc1cc(F)ccc1Cl)N(C)C(=O)[C@H](NC(=O)N1CC(CF)C1)C2. The van der Waals surface area contributed by atoms with Crippen molar-refractivity contribution in [3.63, 3.8) is 0 Å². The Labute approximate surface area is 183 Å². The first kappa shape index (κ1) is 21.4. The number of benzene rings is 2. The average Bonchev–Trinajstić information content (AvgIpc) is 2.70. The van der Waals surface area contributed by atoms with Crippen LogP contribution in [0.4, 0.5) is 19.3 Å². The van der Waals surface area contributed by atoms with Crippen LogP contribution >= 0.6 is 11.6 Å². The minimum atomic E-state index is -0.747. The number of carbonyl (C=O) groups excluding carboxylic acids is 2. The molecule has 0 radical (unpaired) electrons. The molecule has 0 aromatic heterocycles. The predicted octanol–water partition coefficient (Wildman–Crippen LogP) is 4.08. The molecule has 0 saturated carbocycles. The van der Waals surface area contributed by atoms with Crippen molar-refractivity contribution in [2.45, 2.75) is 19.4 Å². The van der Waals surface area contributed by atoms with Gasteiger partial charge in [0.1, 0.15) is 17.6 Å². The van der Waals surface area contributed by atoms with Gasteiger partial charge in [0.15, 0.2) is 5.75 Å². The first-order valence-electron chi connectivity index (χ1n) is 9.92. The second-order valence-electron chi connectivity index (χ2n) is 7.92. The van der Waals surface area contributed by atoms with Gasteiger partial charge in [-0.1, -0.05) is 23.7 Å². The Morgan fingerprint density at radius 1 is 1.29 bits per heavy atom. The van der Waals surface area contributed by atoms with Crippen molar-refractivity contribution in [3.05, 3.63) is 52.3 Å². The fraction of sp³-hybridized carbons (Fsp3) is 0.364. The second-order valence-corrected chi connectivity index (χ2v) is 8.33. The fourth-order valence-electron chi connectivity index (χ4n) is 3.88. The molecule has 9 heteroatoms. The number of amides is 3. The Morgan fingerprint density at radius 3 is 2.74 bits per heavy atom. The van der Waals surface area contributed by atoms with E-state index in [9.17, 15) is 18.4 Å². The molecule has 3 amide bonds. The molecule has 4 rings (SSSR count). The molecule has 6 nitrogen and oxygen atoms in total. The number of nitrogens with zero attached hydrogens (tertiary/aromatic N) is 2. The molecule has 2 aliphatic heterocycles. The number of nitrogens with one attached hydrogen (secondary N) is 1. The van der Waals surface area contributed by atoms with Gasteiger partial charge in [-0.05, 0) is 30.2 Å². The lowest BCUT2D eigenvalue weighted by Crippen LogP contribution is -2.59. The molecule has 2 heterocycles. The van der Waals surface area contributed by atoms with E-state index in [-0.39, 0.29) is 35.0 Å². The summed E-state index contributed by atoms with van der Waals surface area (Å²) in [5.41, 5.74) is 2.10. The topological polar surface area (TPSA) is 61.9 Å². The van der Waals surface area contributed by atoms with Gasteiger partial charge in [0, 0.05) is 38.5 Å². The minimum absolute atomic E-state index is 0.131. The third-order valence-electron chi connectivity index (χ3n) is 5.67. The summed E-state index contributed by atoms with van der Waals surface area (Å²) in [6.45, 7) is 2.06. The summed E-state index contributed by atoms with van der Waals surface area (Å²) in [6, 6.07) is 6.41. The van der Waals surface area contributed by atoms with E-state index in [4.69, 9.17) is 16.3 Å². The molecule has 0 spiro atoms. The van der Waals surface area contributed by atoms with Crippen LogP contribution in [0.3, 0.4) is 0 Å². The third-order valence-corrected chi connectivity index (χ3v) is 5.98. The predicted molar refractivity (Wildman–Crippen MR) is 113 cm³/mol. The van der Waals surface area contributed by atoms with E-state index in [2.05, 4.69) is 5.32 Å². The number of hydrogen-bond acceptors (Lipinski definition) is 3. The molecule has 0 bridgehead atoms. The van der Waals surface area contributed by atoms with Gasteiger partial charge < -0.3 is 19.9 Å². The molecule has 1 saturated heterocycles. The number of hydrogen-bond donors (Lipinski definition) is 1.